The zero-order valence-corrected chi connectivity index (χ0v) is 18.4. The van der Waals surface area contributed by atoms with Gasteiger partial charge in [-0.25, -0.2) is 4.79 Å². The van der Waals surface area contributed by atoms with Gasteiger partial charge < -0.3 is 15.0 Å². The third-order valence-electron chi connectivity index (χ3n) is 5.91. The van der Waals surface area contributed by atoms with E-state index in [1.54, 1.807) is 18.0 Å². The topological polar surface area (TPSA) is 93.5 Å². The number of fused-ring (bicyclic) bond motifs is 1. The molecule has 0 radical (unpaired) electrons. The second-order valence-corrected chi connectivity index (χ2v) is 9.16. The second kappa shape index (κ2) is 7.51. The molecule has 8 heteroatoms. The molecule has 4 rings (SSSR count). The SMILES string of the molecule is CNC(=O)c1nn2c(c1C1(c3ccccc3C=O)CC1)CN(C(=O)OC(C)(C)C)CC2. The highest BCUT2D eigenvalue weighted by molar-refractivity contribution is 5.95. The zero-order valence-electron chi connectivity index (χ0n) is 18.4. The first-order valence-corrected chi connectivity index (χ1v) is 10.5. The van der Waals surface area contributed by atoms with Crippen LogP contribution in [0.2, 0.25) is 0 Å². The highest BCUT2D eigenvalue weighted by atomic mass is 16.6. The quantitative estimate of drug-likeness (QED) is 0.762. The van der Waals surface area contributed by atoms with Gasteiger partial charge in [0.2, 0.25) is 0 Å². The summed E-state index contributed by atoms with van der Waals surface area (Å²) in [6, 6.07) is 7.49. The van der Waals surface area contributed by atoms with Gasteiger partial charge in [-0.1, -0.05) is 24.3 Å². The lowest BCUT2D eigenvalue weighted by atomic mass is 9.83. The smallest absolute Gasteiger partial charge is 0.410 e. The van der Waals surface area contributed by atoms with Crippen molar-refractivity contribution in [2.45, 2.75) is 57.7 Å². The van der Waals surface area contributed by atoms with Crippen LogP contribution >= 0.6 is 0 Å². The molecule has 0 atom stereocenters. The van der Waals surface area contributed by atoms with E-state index < -0.39 is 11.0 Å². The van der Waals surface area contributed by atoms with E-state index in [2.05, 4.69) is 10.4 Å². The molecular weight excluding hydrogens is 396 g/mol. The lowest BCUT2D eigenvalue weighted by molar-refractivity contribution is 0.0193. The van der Waals surface area contributed by atoms with E-state index in [4.69, 9.17) is 4.74 Å². The Balaban J connectivity index is 1.80. The van der Waals surface area contributed by atoms with E-state index in [1.807, 2.05) is 43.7 Å². The third-order valence-corrected chi connectivity index (χ3v) is 5.91. The van der Waals surface area contributed by atoms with Crippen LogP contribution in [0.4, 0.5) is 4.79 Å². The number of nitrogens with one attached hydrogen (secondary N) is 1. The maximum atomic E-state index is 12.8. The largest absolute Gasteiger partial charge is 0.444 e. The predicted molar refractivity (Wildman–Crippen MR) is 114 cm³/mol. The van der Waals surface area contributed by atoms with E-state index in [0.29, 0.717) is 30.9 Å². The minimum absolute atomic E-state index is 0.268. The summed E-state index contributed by atoms with van der Waals surface area (Å²) >= 11 is 0. The van der Waals surface area contributed by atoms with Gasteiger partial charge in [-0.2, -0.15) is 5.10 Å². The maximum absolute atomic E-state index is 12.8. The summed E-state index contributed by atoms with van der Waals surface area (Å²) in [5, 5.41) is 7.30. The normalized spacial score (nSPS) is 17.0. The molecule has 2 aromatic rings. The number of carbonyl (C=O) groups excluding carboxylic acids is 3. The van der Waals surface area contributed by atoms with Gasteiger partial charge in [0.15, 0.2) is 5.69 Å². The molecule has 0 saturated heterocycles. The van der Waals surface area contributed by atoms with Crippen molar-refractivity contribution in [2.75, 3.05) is 13.6 Å². The minimum Gasteiger partial charge on any atom is -0.444 e. The van der Waals surface area contributed by atoms with Crippen molar-refractivity contribution >= 4 is 18.3 Å². The van der Waals surface area contributed by atoms with Crippen LogP contribution in [0.15, 0.2) is 24.3 Å². The van der Waals surface area contributed by atoms with Gasteiger partial charge in [-0.3, -0.25) is 14.3 Å². The Labute approximate surface area is 181 Å². The van der Waals surface area contributed by atoms with Crippen molar-refractivity contribution in [1.82, 2.24) is 20.0 Å². The van der Waals surface area contributed by atoms with E-state index in [-0.39, 0.29) is 12.0 Å². The van der Waals surface area contributed by atoms with E-state index in [0.717, 1.165) is 35.9 Å². The Hall–Kier alpha value is -3.16. The number of hydrogen-bond donors (Lipinski definition) is 1. The monoisotopic (exact) mass is 424 g/mol. The molecule has 2 amide bonds. The fourth-order valence-electron chi connectivity index (χ4n) is 4.39. The van der Waals surface area contributed by atoms with Gasteiger partial charge in [-0.15, -0.1) is 0 Å². The molecule has 1 aromatic carbocycles. The number of aldehydes is 1. The summed E-state index contributed by atoms with van der Waals surface area (Å²) < 4.78 is 7.39. The molecule has 1 N–H and O–H groups in total. The van der Waals surface area contributed by atoms with Crippen LogP contribution in [0, 0.1) is 0 Å². The van der Waals surface area contributed by atoms with Gasteiger partial charge >= 0.3 is 6.09 Å². The highest BCUT2D eigenvalue weighted by Gasteiger charge is 2.52. The van der Waals surface area contributed by atoms with Crippen molar-refractivity contribution in [3.63, 3.8) is 0 Å². The maximum Gasteiger partial charge on any atom is 0.410 e. The molecule has 1 aliphatic carbocycles. The van der Waals surface area contributed by atoms with Crippen molar-refractivity contribution < 1.29 is 19.1 Å². The van der Waals surface area contributed by atoms with Crippen molar-refractivity contribution in [2.24, 2.45) is 0 Å². The number of carbonyl (C=O) groups is 3. The van der Waals surface area contributed by atoms with Gasteiger partial charge in [0.05, 0.1) is 18.8 Å². The molecule has 0 bridgehead atoms. The Bertz CT molecular complexity index is 1050. The Morgan fingerprint density at radius 1 is 1.19 bits per heavy atom. The van der Waals surface area contributed by atoms with Gasteiger partial charge in [0.1, 0.15) is 11.9 Å². The molecule has 0 unspecified atom stereocenters. The average Bonchev–Trinajstić information content (AvgIpc) is 3.44. The highest BCUT2D eigenvalue weighted by Crippen LogP contribution is 2.56. The van der Waals surface area contributed by atoms with Crippen LogP contribution < -0.4 is 5.32 Å². The predicted octanol–water partition coefficient (Wildman–Crippen LogP) is 2.89. The fraction of sp³-hybridized carbons (Fsp3) is 0.478. The molecule has 1 fully saturated rings. The fourth-order valence-corrected chi connectivity index (χ4v) is 4.39. The summed E-state index contributed by atoms with van der Waals surface area (Å²) in [6.45, 7) is 6.74. The Kier molecular flexibility index (Phi) is 5.11. The number of benzene rings is 1. The number of rotatable bonds is 4. The van der Waals surface area contributed by atoms with E-state index >= 15 is 0 Å². The van der Waals surface area contributed by atoms with Crippen LogP contribution in [-0.2, 0) is 23.2 Å². The molecular formula is C23H28N4O4. The first-order valence-electron chi connectivity index (χ1n) is 10.5. The third kappa shape index (κ3) is 3.71. The number of hydrogen-bond acceptors (Lipinski definition) is 5. The lowest BCUT2D eigenvalue weighted by Gasteiger charge is -2.31. The van der Waals surface area contributed by atoms with E-state index in [1.165, 1.54) is 0 Å². The zero-order chi connectivity index (χ0) is 22.4. The molecule has 2 heterocycles. The lowest BCUT2D eigenvalue weighted by Crippen LogP contribution is -2.42. The minimum atomic E-state index is -0.592. The van der Waals surface area contributed by atoms with Crippen LogP contribution in [-0.4, -0.2) is 52.2 Å². The number of nitrogens with zero attached hydrogens (tertiary/aromatic N) is 3. The first-order chi connectivity index (χ1) is 14.7. The van der Waals surface area contributed by atoms with Crippen LogP contribution in [0.3, 0.4) is 0 Å². The first kappa shape index (κ1) is 21.1. The van der Waals surface area contributed by atoms with Crippen molar-refractivity contribution in [1.29, 1.82) is 0 Å². The summed E-state index contributed by atoms with van der Waals surface area (Å²) in [5.74, 6) is -0.268. The van der Waals surface area contributed by atoms with Crippen molar-refractivity contribution in [3.05, 3.63) is 52.3 Å². The number of ether oxygens (including phenoxy) is 1. The average molecular weight is 425 g/mol. The van der Waals surface area contributed by atoms with Crippen LogP contribution in [0.1, 0.15) is 71.3 Å². The van der Waals surface area contributed by atoms with Crippen LogP contribution in [0.25, 0.3) is 0 Å². The molecule has 1 aromatic heterocycles. The van der Waals surface area contributed by atoms with Crippen molar-refractivity contribution in [3.8, 4) is 0 Å². The molecule has 1 aliphatic heterocycles. The van der Waals surface area contributed by atoms with E-state index in [9.17, 15) is 14.4 Å². The summed E-state index contributed by atoms with van der Waals surface area (Å²) in [6.07, 6.45) is 2.10. The number of amides is 2. The molecule has 164 valence electrons. The Morgan fingerprint density at radius 3 is 2.52 bits per heavy atom. The molecule has 2 aliphatic rings. The summed E-state index contributed by atoms with van der Waals surface area (Å²) in [5.41, 5.74) is 2.48. The van der Waals surface area contributed by atoms with Gasteiger partial charge in [-0.05, 0) is 39.2 Å². The molecule has 8 nitrogen and oxygen atoms in total. The summed E-state index contributed by atoms with van der Waals surface area (Å²) in [7, 11) is 1.58. The summed E-state index contributed by atoms with van der Waals surface area (Å²) in [4.78, 5) is 38.9. The Morgan fingerprint density at radius 2 is 1.90 bits per heavy atom. The van der Waals surface area contributed by atoms with Crippen LogP contribution in [0.5, 0.6) is 0 Å². The molecule has 31 heavy (non-hydrogen) atoms. The molecule has 0 spiro atoms. The van der Waals surface area contributed by atoms with Gasteiger partial charge in [0, 0.05) is 30.1 Å². The second-order valence-electron chi connectivity index (χ2n) is 9.16. The van der Waals surface area contributed by atoms with Gasteiger partial charge in [0.25, 0.3) is 5.91 Å². The molecule has 1 saturated carbocycles. The standard InChI is InChI=1S/C23H28N4O4/c1-22(2,3)31-21(30)26-11-12-27-17(13-26)18(19(25-27)20(29)24-4)23(9-10-23)16-8-6-5-7-15(16)14-28/h5-8,14H,9-13H2,1-4H3,(H,24,29). The number of aromatic nitrogens is 2.